The number of nitrogens with zero attached hydrogens (tertiary/aromatic N) is 2. The molecule has 0 aromatic carbocycles. The number of rotatable bonds is 2. The molecule has 0 unspecified atom stereocenters. The molecule has 1 atom stereocenters. The van der Waals surface area contributed by atoms with Crippen molar-refractivity contribution in [2.75, 3.05) is 20.1 Å². The molecule has 0 radical (unpaired) electrons. The number of pyridine rings is 1. The standard InChI is InChI=1S/C12H17BrN2/c1-15-7-3-4-10(9-15)8-11-5-2-6-12(13)14-11/h2,5-6,10H,3-4,7-9H2,1H3/t10-/m0/s1. The first kappa shape index (κ1) is 11.1. The predicted molar refractivity (Wildman–Crippen MR) is 65.9 cm³/mol. The molecule has 3 heteroatoms. The quantitative estimate of drug-likeness (QED) is 0.767. The lowest BCUT2D eigenvalue weighted by Crippen LogP contribution is -2.33. The van der Waals surface area contributed by atoms with Crippen LogP contribution >= 0.6 is 15.9 Å². The van der Waals surface area contributed by atoms with Gasteiger partial charge in [0.2, 0.25) is 0 Å². The third-order valence-electron chi connectivity index (χ3n) is 2.99. The van der Waals surface area contributed by atoms with E-state index in [1.54, 1.807) is 0 Å². The molecule has 2 nitrogen and oxygen atoms in total. The molecule has 1 saturated heterocycles. The summed E-state index contributed by atoms with van der Waals surface area (Å²) in [5, 5.41) is 0. The predicted octanol–water partition coefficient (Wildman–Crippen LogP) is 2.73. The van der Waals surface area contributed by atoms with E-state index in [2.05, 4.69) is 45.0 Å². The van der Waals surface area contributed by atoms with E-state index in [0.717, 1.165) is 16.9 Å². The number of hydrogen-bond donors (Lipinski definition) is 0. The molecule has 1 fully saturated rings. The van der Waals surface area contributed by atoms with E-state index in [-0.39, 0.29) is 0 Å². The van der Waals surface area contributed by atoms with E-state index in [9.17, 15) is 0 Å². The van der Waals surface area contributed by atoms with E-state index in [1.165, 1.54) is 31.6 Å². The third kappa shape index (κ3) is 3.28. The van der Waals surface area contributed by atoms with Crippen molar-refractivity contribution in [2.45, 2.75) is 19.3 Å². The monoisotopic (exact) mass is 268 g/mol. The van der Waals surface area contributed by atoms with E-state index >= 15 is 0 Å². The van der Waals surface area contributed by atoms with Crippen molar-refractivity contribution in [1.82, 2.24) is 9.88 Å². The Hall–Kier alpha value is -0.410. The molecular formula is C12H17BrN2. The highest BCUT2D eigenvalue weighted by Crippen LogP contribution is 2.19. The zero-order chi connectivity index (χ0) is 10.7. The SMILES string of the molecule is CN1CCC[C@@H](Cc2cccc(Br)n2)C1. The van der Waals surface area contributed by atoms with E-state index < -0.39 is 0 Å². The lowest BCUT2D eigenvalue weighted by atomic mass is 9.93. The lowest BCUT2D eigenvalue weighted by Gasteiger charge is -2.29. The summed E-state index contributed by atoms with van der Waals surface area (Å²) < 4.78 is 0.948. The summed E-state index contributed by atoms with van der Waals surface area (Å²) in [6, 6.07) is 6.18. The highest BCUT2D eigenvalue weighted by molar-refractivity contribution is 9.10. The zero-order valence-corrected chi connectivity index (χ0v) is 10.7. The maximum atomic E-state index is 4.49. The summed E-state index contributed by atoms with van der Waals surface area (Å²) in [4.78, 5) is 6.91. The van der Waals surface area contributed by atoms with Gasteiger partial charge in [-0.1, -0.05) is 6.07 Å². The number of halogens is 1. The van der Waals surface area contributed by atoms with Gasteiger partial charge in [-0.2, -0.15) is 0 Å². The number of piperidine rings is 1. The summed E-state index contributed by atoms with van der Waals surface area (Å²) in [5.41, 5.74) is 1.21. The highest BCUT2D eigenvalue weighted by atomic mass is 79.9. The Morgan fingerprint density at radius 2 is 2.40 bits per heavy atom. The largest absolute Gasteiger partial charge is 0.306 e. The Morgan fingerprint density at radius 3 is 3.13 bits per heavy atom. The number of likely N-dealkylation sites (tertiary alicyclic amines) is 1. The van der Waals surface area contributed by atoms with Crippen molar-refractivity contribution < 1.29 is 0 Å². The molecule has 0 aliphatic carbocycles. The van der Waals surface area contributed by atoms with Crippen LogP contribution in [0.25, 0.3) is 0 Å². The second-order valence-corrected chi connectivity index (χ2v) is 5.24. The van der Waals surface area contributed by atoms with Crippen molar-refractivity contribution in [3.63, 3.8) is 0 Å². The van der Waals surface area contributed by atoms with Crippen molar-refractivity contribution in [3.05, 3.63) is 28.5 Å². The van der Waals surface area contributed by atoms with Crippen LogP contribution in [0.3, 0.4) is 0 Å². The van der Waals surface area contributed by atoms with Crippen LogP contribution in [0, 0.1) is 5.92 Å². The van der Waals surface area contributed by atoms with Gasteiger partial charge in [-0.05, 0) is 66.8 Å². The summed E-state index contributed by atoms with van der Waals surface area (Å²) in [5.74, 6) is 0.783. The van der Waals surface area contributed by atoms with Gasteiger partial charge in [0, 0.05) is 12.2 Å². The molecule has 2 rings (SSSR count). The van der Waals surface area contributed by atoms with Gasteiger partial charge < -0.3 is 4.90 Å². The van der Waals surface area contributed by atoms with Gasteiger partial charge in [0.25, 0.3) is 0 Å². The average molecular weight is 269 g/mol. The summed E-state index contributed by atoms with van der Waals surface area (Å²) in [6.45, 7) is 2.47. The maximum Gasteiger partial charge on any atom is 0.106 e. The fourth-order valence-corrected chi connectivity index (χ4v) is 2.68. The Balaban J connectivity index is 1.96. The summed E-state index contributed by atoms with van der Waals surface area (Å²) in [7, 11) is 2.21. The van der Waals surface area contributed by atoms with Crippen molar-refractivity contribution in [3.8, 4) is 0 Å². The topological polar surface area (TPSA) is 16.1 Å². The minimum atomic E-state index is 0.783. The smallest absolute Gasteiger partial charge is 0.106 e. The minimum Gasteiger partial charge on any atom is -0.306 e. The van der Waals surface area contributed by atoms with Gasteiger partial charge >= 0.3 is 0 Å². The average Bonchev–Trinajstić information content (AvgIpc) is 2.17. The van der Waals surface area contributed by atoms with Gasteiger partial charge in [0.05, 0.1) is 0 Å². The van der Waals surface area contributed by atoms with Gasteiger partial charge in [0.1, 0.15) is 4.60 Å². The van der Waals surface area contributed by atoms with Crippen LogP contribution in [0.4, 0.5) is 0 Å². The fraction of sp³-hybridized carbons (Fsp3) is 0.583. The van der Waals surface area contributed by atoms with E-state index in [0.29, 0.717) is 0 Å². The van der Waals surface area contributed by atoms with E-state index in [1.807, 2.05) is 6.07 Å². The van der Waals surface area contributed by atoms with Crippen LogP contribution in [0.15, 0.2) is 22.8 Å². The van der Waals surface area contributed by atoms with Crippen LogP contribution in [0.5, 0.6) is 0 Å². The molecule has 0 amide bonds. The second kappa shape index (κ2) is 5.08. The molecular weight excluding hydrogens is 252 g/mol. The first-order valence-corrected chi connectivity index (χ1v) is 6.33. The third-order valence-corrected chi connectivity index (χ3v) is 3.43. The molecule has 0 bridgehead atoms. The van der Waals surface area contributed by atoms with Gasteiger partial charge in [-0.15, -0.1) is 0 Å². The molecule has 1 aliphatic rings. The number of hydrogen-bond acceptors (Lipinski definition) is 2. The van der Waals surface area contributed by atoms with Crippen LogP contribution in [0.1, 0.15) is 18.5 Å². The first-order chi connectivity index (χ1) is 7.24. The molecule has 1 aliphatic heterocycles. The van der Waals surface area contributed by atoms with Crippen molar-refractivity contribution in [1.29, 1.82) is 0 Å². The molecule has 0 N–H and O–H groups in total. The molecule has 0 spiro atoms. The van der Waals surface area contributed by atoms with Crippen LogP contribution in [-0.2, 0) is 6.42 Å². The van der Waals surface area contributed by atoms with Crippen LogP contribution < -0.4 is 0 Å². The molecule has 2 heterocycles. The lowest BCUT2D eigenvalue weighted by molar-refractivity contribution is 0.208. The fourth-order valence-electron chi connectivity index (χ4n) is 2.30. The molecule has 0 saturated carbocycles. The van der Waals surface area contributed by atoms with Gasteiger partial charge in [-0.3, -0.25) is 0 Å². The second-order valence-electron chi connectivity index (χ2n) is 4.43. The van der Waals surface area contributed by atoms with Crippen molar-refractivity contribution in [2.24, 2.45) is 5.92 Å². The van der Waals surface area contributed by atoms with Gasteiger partial charge in [0.15, 0.2) is 0 Å². The number of aromatic nitrogens is 1. The summed E-state index contributed by atoms with van der Waals surface area (Å²) >= 11 is 3.42. The maximum absolute atomic E-state index is 4.49. The Morgan fingerprint density at radius 1 is 1.53 bits per heavy atom. The minimum absolute atomic E-state index is 0.783. The van der Waals surface area contributed by atoms with Crippen LogP contribution in [0.2, 0.25) is 0 Å². The summed E-state index contributed by atoms with van der Waals surface area (Å²) in [6.07, 6.45) is 3.79. The highest BCUT2D eigenvalue weighted by Gasteiger charge is 2.17. The molecule has 1 aromatic heterocycles. The normalized spacial score (nSPS) is 22.9. The Bertz CT molecular complexity index is 327. The molecule has 82 valence electrons. The first-order valence-electron chi connectivity index (χ1n) is 5.54. The van der Waals surface area contributed by atoms with Gasteiger partial charge in [-0.25, -0.2) is 4.98 Å². The van der Waals surface area contributed by atoms with Crippen LogP contribution in [-0.4, -0.2) is 30.0 Å². The zero-order valence-electron chi connectivity index (χ0n) is 9.12. The Labute approximate surface area is 99.8 Å². The van der Waals surface area contributed by atoms with E-state index in [4.69, 9.17) is 0 Å². The Kier molecular flexibility index (Phi) is 3.76. The molecule has 1 aromatic rings. The van der Waals surface area contributed by atoms with Crippen molar-refractivity contribution >= 4 is 15.9 Å². The molecule has 15 heavy (non-hydrogen) atoms.